The predicted molar refractivity (Wildman–Crippen MR) is 82.0 cm³/mol. The van der Waals surface area contributed by atoms with E-state index >= 15 is 0 Å². The second kappa shape index (κ2) is 6.13. The van der Waals surface area contributed by atoms with Gasteiger partial charge in [-0.3, -0.25) is 10.1 Å². The van der Waals surface area contributed by atoms with E-state index in [-0.39, 0.29) is 10.9 Å². The van der Waals surface area contributed by atoms with Crippen LogP contribution in [0.2, 0.25) is 0 Å². The fourth-order valence-corrected chi connectivity index (χ4v) is 2.57. The van der Waals surface area contributed by atoms with Crippen molar-refractivity contribution in [2.45, 2.75) is 24.2 Å². The molecule has 1 aromatic carbocycles. The van der Waals surface area contributed by atoms with E-state index in [1.165, 1.54) is 0 Å². The standard InChI is InChI=1S/C14H11N5O3S/c1-8-3-9(2)5-10(4-8)12-17-18-14(22-12)23-13-15-6-11(7-16-13)19(20)21/h3-7H,1-2H3. The van der Waals surface area contributed by atoms with Crippen molar-refractivity contribution in [3.63, 3.8) is 0 Å². The average Bonchev–Trinajstić information content (AvgIpc) is 2.95. The van der Waals surface area contributed by atoms with E-state index in [1.54, 1.807) is 0 Å². The summed E-state index contributed by atoms with van der Waals surface area (Å²) in [7, 11) is 0. The summed E-state index contributed by atoms with van der Waals surface area (Å²) < 4.78 is 5.59. The largest absolute Gasteiger partial charge is 0.411 e. The van der Waals surface area contributed by atoms with E-state index in [1.807, 2.05) is 26.0 Å². The van der Waals surface area contributed by atoms with Crippen LogP contribution in [0.15, 0.2) is 45.4 Å². The van der Waals surface area contributed by atoms with Crippen LogP contribution >= 0.6 is 11.8 Å². The normalized spacial score (nSPS) is 10.7. The van der Waals surface area contributed by atoms with Gasteiger partial charge in [-0.25, -0.2) is 9.97 Å². The van der Waals surface area contributed by atoms with Gasteiger partial charge in [0.05, 0.1) is 4.92 Å². The molecule has 0 fully saturated rings. The molecule has 2 heterocycles. The third-order valence-corrected chi connectivity index (χ3v) is 3.61. The first-order chi connectivity index (χ1) is 11.0. The van der Waals surface area contributed by atoms with Gasteiger partial charge in [-0.15, -0.1) is 10.2 Å². The van der Waals surface area contributed by atoms with Gasteiger partial charge in [0, 0.05) is 17.3 Å². The Kier molecular flexibility index (Phi) is 4.02. The number of nitro groups is 1. The van der Waals surface area contributed by atoms with Crippen molar-refractivity contribution in [1.82, 2.24) is 20.2 Å². The van der Waals surface area contributed by atoms with Crippen molar-refractivity contribution in [2.24, 2.45) is 0 Å². The molecule has 8 nitrogen and oxygen atoms in total. The molecular formula is C14H11N5O3S. The lowest BCUT2D eigenvalue weighted by Crippen LogP contribution is -1.92. The maximum absolute atomic E-state index is 10.6. The minimum atomic E-state index is -0.556. The molecule has 0 unspecified atom stereocenters. The molecule has 0 aliphatic rings. The summed E-state index contributed by atoms with van der Waals surface area (Å²) in [6.45, 7) is 3.99. The first-order valence-electron chi connectivity index (χ1n) is 6.58. The molecule has 3 aromatic rings. The van der Waals surface area contributed by atoms with Crippen molar-refractivity contribution < 1.29 is 9.34 Å². The summed E-state index contributed by atoms with van der Waals surface area (Å²) in [6, 6.07) is 5.97. The lowest BCUT2D eigenvalue weighted by molar-refractivity contribution is -0.385. The van der Waals surface area contributed by atoms with Gasteiger partial charge < -0.3 is 4.42 Å². The number of rotatable bonds is 4. The van der Waals surface area contributed by atoms with Crippen molar-refractivity contribution in [3.05, 3.63) is 51.8 Å². The first-order valence-corrected chi connectivity index (χ1v) is 7.39. The molecule has 0 spiro atoms. The number of aromatic nitrogens is 4. The summed E-state index contributed by atoms with van der Waals surface area (Å²) >= 11 is 1.05. The molecule has 2 aromatic heterocycles. The molecule has 0 atom stereocenters. The van der Waals surface area contributed by atoms with Crippen LogP contribution in [-0.4, -0.2) is 25.1 Å². The fourth-order valence-electron chi connectivity index (χ4n) is 2.00. The molecule has 0 bridgehead atoms. The summed E-state index contributed by atoms with van der Waals surface area (Å²) in [4.78, 5) is 17.8. The Morgan fingerprint density at radius 3 is 2.35 bits per heavy atom. The minimum Gasteiger partial charge on any atom is -0.411 e. The Morgan fingerprint density at radius 1 is 1.09 bits per heavy atom. The zero-order valence-electron chi connectivity index (χ0n) is 12.3. The Morgan fingerprint density at radius 2 is 1.74 bits per heavy atom. The van der Waals surface area contributed by atoms with Gasteiger partial charge in [0.2, 0.25) is 5.89 Å². The Balaban J connectivity index is 1.80. The van der Waals surface area contributed by atoms with Crippen LogP contribution in [0.4, 0.5) is 5.69 Å². The van der Waals surface area contributed by atoms with Crippen molar-refractivity contribution in [1.29, 1.82) is 0 Å². The smallest absolute Gasteiger partial charge is 0.305 e. The number of aryl methyl sites for hydroxylation is 2. The Bertz CT molecular complexity index is 843. The third kappa shape index (κ3) is 3.51. The highest BCUT2D eigenvalue weighted by Gasteiger charge is 2.13. The molecule has 116 valence electrons. The van der Waals surface area contributed by atoms with E-state index in [0.29, 0.717) is 11.0 Å². The van der Waals surface area contributed by atoms with Crippen LogP contribution in [-0.2, 0) is 0 Å². The van der Waals surface area contributed by atoms with Crippen LogP contribution in [0.1, 0.15) is 11.1 Å². The van der Waals surface area contributed by atoms with E-state index in [9.17, 15) is 10.1 Å². The van der Waals surface area contributed by atoms with E-state index in [0.717, 1.165) is 40.8 Å². The van der Waals surface area contributed by atoms with Gasteiger partial charge in [-0.2, -0.15) is 0 Å². The van der Waals surface area contributed by atoms with Crippen LogP contribution in [0.3, 0.4) is 0 Å². The zero-order valence-corrected chi connectivity index (χ0v) is 13.1. The molecule has 0 aliphatic carbocycles. The highest BCUT2D eigenvalue weighted by atomic mass is 32.2. The topological polar surface area (TPSA) is 108 Å². The monoisotopic (exact) mass is 329 g/mol. The molecule has 3 rings (SSSR count). The number of benzene rings is 1. The molecule has 0 N–H and O–H groups in total. The highest BCUT2D eigenvalue weighted by Crippen LogP contribution is 2.28. The van der Waals surface area contributed by atoms with Gasteiger partial charge in [-0.1, -0.05) is 17.2 Å². The minimum absolute atomic E-state index is 0.171. The molecule has 23 heavy (non-hydrogen) atoms. The van der Waals surface area contributed by atoms with Crippen molar-refractivity contribution >= 4 is 17.4 Å². The summed E-state index contributed by atoms with van der Waals surface area (Å²) in [5.41, 5.74) is 2.87. The summed E-state index contributed by atoms with van der Waals surface area (Å²) in [5.74, 6) is 0.404. The van der Waals surface area contributed by atoms with Gasteiger partial charge in [0.25, 0.3) is 5.22 Å². The number of nitrogens with zero attached hydrogens (tertiary/aromatic N) is 5. The second-order valence-electron chi connectivity index (χ2n) is 4.83. The van der Waals surface area contributed by atoms with E-state index < -0.39 is 4.92 Å². The van der Waals surface area contributed by atoms with Gasteiger partial charge in [-0.05, 0) is 26.0 Å². The Labute approximate surface area is 135 Å². The van der Waals surface area contributed by atoms with Crippen LogP contribution in [0, 0.1) is 24.0 Å². The van der Waals surface area contributed by atoms with E-state index in [4.69, 9.17) is 4.42 Å². The fraction of sp³-hybridized carbons (Fsp3) is 0.143. The molecule has 0 saturated carbocycles. The lowest BCUT2D eigenvalue weighted by Gasteiger charge is -2.00. The summed E-state index contributed by atoms with van der Waals surface area (Å²) in [6.07, 6.45) is 2.27. The second-order valence-corrected chi connectivity index (χ2v) is 5.75. The van der Waals surface area contributed by atoms with Crippen molar-refractivity contribution in [2.75, 3.05) is 0 Å². The predicted octanol–water partition coefficient (Wildman–Crippen LogP) is 3.20. The molecule has 0 saturated heterocycles. The number of hydrogen-bond acceptors (Lipinski definition) is 8. The molecule has 0 amide bonds. The van der Waals surface area contributed by atoms with Gasteiger partial charge in [0.1, 0.15) is 12.4 Å². The SMILES string of the molecule is Cc1cc(C)cc(-c2nnc(Sc3ncc([N+](=O)[O-])cn3)o2)c1. The maximum atomic E-state index is 10.6. The van der Waals surface area contributed by atoms with Crippen LogP contribution < -0.4 is 0 Å². The van der Waals surface area contributed by atoms with Gasteiger partial charge >= 0.3 is 5.69 Å². The Hall–Kier alpha value is -2.81. The molecular weight excluding hydrogens is 318 g/mol. The zero-order chi connectivity index (χ0) is 16.4. The first kappa shape index (κ1) is 15.1. The van der Waals surface area contributed by atoms with E-state index in [2.05, 4.69) is 26.2 Å². The quantitative estimate of drug-likeness (QED) is 0.408. The van der Waals surface area contributed by atoms with Crippen molar-refractivity contribution in [3.8, 4) is 11.5 Å². The molecule has 0 aliphatic heterocycles. The highest BCUT2D eigenvalue weighted by molar-refractivity contribution is 7.98. The molecule has 9 heteroatoms. The summed E-state index contributed by atoms with van der Waals surface area (Å²) in [5, 5.41) is 19.1. The van der Waals surface area contributed by atoms with Crippen LogP contribution in [0.5, 0.6) is 0 Å². The number of hydrogen-bond donors (Lipinski definition) is 0. The molecule has 0 radical (unpaired) electrons. The van der Waals surface area contributed by atoms with Crippen LogP contribution in [0.25, 0.3) is 11.5 Å². The maximum Gasteiger partial charge on any atom is 0.305 e. The lowest BCUT2D eigenvalue weighted by atomic mass is 10.1. The average molecular weight is 329 g/mol. The third-order valence-electron chi connectivity index (χ3n) is 2.88. The van der Waals surface area contributed by atoms with Gasteiger partial charge in [0.15, 0.2) is 5.16 Å².